The van der Waals surface area contributed by atoms with E-state index in [-0.39, 0.29) is 11.3 Å². The molecule has 2 rings (SSSR count). The molecule has 0 aromatic heterocycles. The third-order valence-corrected chi connectivity index (χ3v) is 2.98. The number of ether oxygens (including phenoxy) is 1. The summed E-state index contributed by atoms with van der Waals surface area (Å²) < 4.78 is 5.00. The molecule has 21 heavy (non-hydrogen) atoms. The second-order valence-electron chi connectivity index (χ2n) is 4.28. The van der Waals surface area contributed by atoms with Crippen molar-refractivity contribution in [2.75, 3.05) is 11.1 Å². The van der Waals surface area contributed by atoms with Gasteiger partial charge in [0.25, 0.3) is 5.91 Å². The zero-order chi connectivity index (χ0) is 15.4. The molecular weight excluding hydrogens is 292 g/mol. The molecule has 1 amide bonds. The van der Waals surface area contributed by atoms with Crippen LogP contribution in [0.4, 0.5) is 11.4 Å². The lowest BCUT2D eigenvalue weighted by Crippen LogP contribution is -2.15. The van der Waals surface area contributed by atoms with Crippen LogP contribution in [-0.4, -0.2) is 11.9 Å². The number of nitrogens with two attached hydrogens (primary N) is 1. The van der Waals surface area contributed by atoms with E-state index in [1.165, 1.54) is 6.92 Å². The van der Waals surface area contributed by atoms with Crippen LogP contribution < -0.4 is 15.8 Å². The maximum atomic E-state index is 12.2. The van der Waals surface area contributed by atoms with Gasteiger partial charge in [-0.05, 0) is 30.3 Å². The number of para-hydroxylation sites is 1. The number of nitrogens with one attached hydrogen (secondary N) is 1. The summed E-state index contributed by atoms with van der Waals surface area (Å²) in [4.78, 5) is 23.3. The van der Waals surface area contributed by atoms with Crippen molar-refractivity contribution in [1.29, 1.82) is 0 Å². The van der Waals surface area contributed by atoms with Crippen LogP contribution in [0, 0.1) is 0 Å². The fraction of sp³-hybridized carbons (Fsp3) is 0.0667. The summed E-state index contributed by atoms with van der Waals surface area (Å²) in [7, 11) is 0. The average Bonchev–Trinajstić information content (AvgIpc) is 2.43. The van der Waals surface area contributed by atoms with Crippen molar-refractivity contribution in [2.45, 2.75) is 6.92 Å². The molecule has 0 radical (unpaired) electrons. The van der Waals surface area contributed by atoms with E-state index in [4.69, 9.17) is 22.1 Å². The predicted molar refractivity (Wildman–Crippen MR) is 81.6 cm³/mol. The maximum Gasteiger partial charge on any atom is 0.308 e. The van der Waals surface area contributed by atoms with Crippen molar-refractivity contribution in [3.8, 4) is 5.75 Å². The van der Waals surface area contributed by atoms with Gasteiger partial charge in [-0.15, -0.1) is 0 Å². The minimum Gasteiger partial charge on any atom is -0.426 e. The second kappa shape index (κ2) is 6.28. The Kier molecular flexibility index (Phi) is 4.45. The summed E-state index contributed by atoms with van der Waals surface area (Å²) >= 11 is 5.82. The van der Waals surface area contributed by atoms with Gasteiger partial charge in [0.1, 0.15) is 5.75 Å². The van der Waals surface area contributed by atoms with Crippen molar-refractivity contribution < 1.29 is 14.3 Å². The Labute approximate surface area is 126 Å². The van der Waals surface area contributed by atoms with Gasteiger partial charge in [0.15, 0.2) is 0 Å². The maximum absolute atomic E-state index is 12.2. The number of esters is 1. The molecule has 3 N–H and O–H groups in total. The minimum absolute atomic E-state index is 0.199. The lowest BCUT2D eigenvalue weighted by atomic mass is 10.2. The van der Waals surface area contributed by atoms with Gasteiger partial charge in [-0.1, -0.05) is 23.7 Å². The summed E-state index contributed by atoms with van der Waals surface area (Å²) in [5.41, 5.74) is 6.79. The Morgan fingerprint density at radius 1 is 1.19 bits per heavy atom. The molecule has 0 aliphatic rings. The molecule has 0 aliphatic carbocycles. The number of carbonyl (C=O) groups is 2. The van der Waals surface area contributed by atoms with Crippen molar-refractivity contribution in [1.82, 2.24) is 0 Å². The predicted octanol–water partition coefficient (Wildman–Crippen LogP) is 3.10. The van der Waals surface area contributed by atoms with Gasteiger partial charge in [-0.25, -0.2) is 0 Å². The number of benzene rings is 2. The molecule has 0 unspecified atom stereocenters. The quantitative estimate of drug-likeness (QED) is 0.518. The number of carbonyl (C=O) groups excluding carboxylic acids is 2. The second-order valence-corrected chi connectivity index (χ2v) is 4.69. The molecule has 0 saturated carbocycles. The van der Waals surface area contributed by atoms with Crippen LogP contribution in [0.25, 0.3) is 0 Å². The highest BCUT2D eigenvalue weighted by molar-refractivity contribution is 6.33. The standard InChI is InChI=1S/C15H13ClN2O3/c1-9(19)21-14-5-3-2-4-11(14)15(20)18-10-6-7-12(16)13(17)8-10/h2-8H,17H2,1H3,(H,18,20). The van der Waals surface area contributed by atoms with E-state index >= 15 is 0 Å². The molecule has 5 nitrogen and oxygen atoms in total. The number of hydrogen-bond acceptors (Lipinski definition) is 4. The highest BCUT2D eigenvalue weighted by Crippen LogP contribution is 2.24. The van der Waals surface area contributed by atoms with Gasteiger partial charge in [0.2, 0.25) is 0 Å². The summed E-state index contributed by atoms with van der Waals surface area (Å²) in [6, 6.07) is 11.2. The zero-order valence-electron chi connectivity index (χ0n) is 11.2. The van der Waals surface area contributed by atoms with Gasteiger partial charge in [0, 0.05) is 12.6 Å². The van der Waals surface area contributed by atoms with Gasteiger partial charge in [-0.3, -0.25) is 9.59 Å². The van der Waals surface area contributed by atoms with Crippen LogP contribution in [-0.2, 0) is 4.79 Å². The Hall–Kier alpha value is -2.53. The molecule has 0 heterocycles. The normalized spacial score (nSPS) is 10.0. The molecular formula is C15H13ClN2O3. The van der Waals surface area contributed by atoms with Crippen LogP contribution >= 0.6 is 11.6 Å². The SMILES string of the molecule is CC(=O)Oc1ccccc1C(=O)Nc1ccc(Cl)c(N)c1. The molecule has 2 aromatic carbocycles. The molecule has 0 aliphatic heterocycles. The monoisotopic (exact) mass is 304 g/mol. The first-order valence-electron chi connectivity index (χ1n) is 6.11. The van der Waals surface area contributed by atoms with E-state index in [2.05, 4.69) is 5.32 Å². The molecule has 2 aromatic rings. The van der Waals surface area contributed by atoms with Gasteiger partial charge >= 0.3 is 5.97 Å². The highest BCUT2D eigenvalue weighted by atomic mass is 35.5. The van der Waals surface area contributed by atoms with E-state index in [1.54, 1.807) is 42.5 Å². The van der Waals surface area contributed by atoms with Crippen molar-refractivity contribution in [3.63, 3.8) is 0 Å². The topological polar surface area (TPSA) is 81.4 Å². The zero-order valence-corrected chi connectivity index (χ0v) is 12.0. The third kappa shape index (κ3) is 3.73. The Bertz CT molecular complexity index is 701. The fourth-order valence-corrected chi connectivity index (χ4v) is 1.84. The molecule has 0 fully saturated rings. The molecule has 0 spiro atoms. The highest BCUT2D eigenvalue weighted by Gasteiger charge is 2.14. The third-order valence-electron chi connectivity index (χ3n) is 2.64. The van der Waals surface area contributed by atoms with Gasteiger partial charge in [-0.2, -0.15) is 0 Å². The number of anilines is 2. The lowest BCUT2D eigenvalue weighted by molar-refractivity contribution is -0.131. The smallest absolute Gasteiger partial charge is 0.308 e. The fourth-order valence-electron chi connectivity index (χ4n) is 1.72. The van der Waals surface area contributed by atoms with E-state index in [1.807, 2.05) is 0 Å². The van der Waals surface area contributed by atoms with E-state index in [0.717, 1.165) is 0 Å². The van der Waals surface area contributed by atoms with E-state index in [0.29, 0.717) is 16.4 Å². The van der Waals surface area contributed by atoms with E-state index in [9.17, 15) is 9.59 Å². The molecule has 0 saturated heterocycles. The molecule has 6 heteroatoms. The number of nitrogen functional groups attached to an aromatic ring is 1. The summed E-state index contributed by atoms with van der Waals surface area (Å²) in [6.07, 6.45) is 0. The van der Waals surface area contributed by atoms with Crippen LogP contribution in [0.3, 0.4) is 0 Å². The number of hydrogen-bond donors (Lipinski definition) is 2. The van der Waals surface area contributed by atoms with E-state index < -0.39 is 11.9 Å². The summed E-state index contributed by atoms with van der Waals surface area (Å²) in [5, 5.41) is 3.08. The van der Waals surface area contributed by atoms with Crippen LogP contribution in [0.1, 0.15) is 17.3 Å². The Morgan fingerprint density at radius 2 is 1.90 bits per heavy atom. The number of halogens is 1. The summed E-state index contributed by atoms with van der Waals surface area (Å²) in [5.74, 6) is -0.705. The number of rotatable bonds is 3. The van der Waals surface area contributed by atoms with Gasteiger partial charge in [0.05, 0.1) is 16.3 Å². The Morgan fingerprint density at radius 3 is 2.57 bits per heavy atom. The molecule has 0 bridgehead atoms. The van der Waals surface area contributed by atoms with Gasteiger partial charge < -0.3 is 15.8 Å². The molecule has 0 atom stereocenters. The van der Waals surface area contributed by atoms with Crippen molar-refractivity contribution >= 4 is 34.9 Å². The first-order valence-corrected chi connectivity index (χ1v) is 6.49. The average molecular weight is 305 g/mol. The number of amides is 1. The van der Waals surface area contributed by atoms with Crippen LogP contribution in [0.2, 0.25) is 5.02 Å². The lowest BCUT2D eigenvalue weighted by Gasteiger charge is -2.10. The van der Waals surface area contributed by atoms with Crippen molar-refractivity contribution in [2.24, 2.45) is 0 Å². The van der Waals surface area contributed by atoms with Crippen molar-refractivity contribution in [3.05, 3.63) is 53.1 Å². The minimum atomic E-state index is -0.494. The summed E-state index contributed by atoms with van der Waals surface area (Å²) in [6.45, 7) is 1.27. The first-order chi connectivity index (χ1) is 9.97. The Balaban J connectivity index is 2.24. The first kappa shape index (κ1) is 14.9. The van der Waals surface area contributed by atoms with Crippen LogP contribution in [0.15, 0.2) is 42.5 Å². The molecule has 108 valence electrons. The van der Waals surface area contributed by atoms with Crippen LogP contribution in [0.5, 0.6) is 5.75 Å². The largest absolute Gasteiger partial charge is 0.426 e.